The number of amides is 1. The van der Waals surface area contributed by atoms with Gasteiger partial charge in [0.25, 0.3) is 0 Å². The van der Waals surface area contributed by atoms with Crippen LogP contribution in [0.5, 0.6) is 0 Å². The molecule has 1 aliphatic heterocycles. The highest BCUT2D eigenvalue weighted by Crippen LogP contribution is 2.31. The van der Waals surface area contributed by atoms with Gasteiger partial charge in [0.2, 0.25) is 5.91 Å². The molecule has 3 rings (SSSR count). The molecule has 0 unspecified atom stereocenters. The summed E-state index contributed by atoms with van der Waals surface area (Å²) in [6, 6.07) is 7.49. The van der Waals surface area contributed by atoms with Crippen molar-refractivity contribution in [3.63, 3.8) is 0 Å². The van der Waals surface area contributed by atoms with E-state index in [4.69, 9.17) is 14.9 Å². The number of oxazole rings is 1. The van der Waals surface area contributed by atoms with Crippen LogP contribution in [0.3, 0.4) is 0 Å². The summed E-state index contributed by atoms with van der Waals surface area (Å²) in [7, 11) is 0. The van der Waals surface area contributed by atoms with E-state index in [0.717, 1.165) is 11.3 Å². The molecule has 124 valence electrons. The Hall–Kier alpha value is -1.89. The van der Waals surface area contributed by atoms with Gasteiger partial charge in [-0.2, -0.15) is 0 Å². The minimum atomic E-state index is -0.541. The van der Waals surface area contributed by atoms with Gasteiger partial charge in [-0.05, 0) is 25.0 Å². The molecular weight excluding hydrogens is 318 g/mol. The average molecular weight is 338 g/mol. The first-order chi connectivity index (χ1) is 10.7. The van der Waals surface area contributed by atoms with Crippen LogP contribution in [-0.2, 0) is 9.53 Å². The number of nitrogens with one attached hydrogen (secondary N) is 1. The molecule has 6 nitrogen and oxygen atoms in total. The molecule has 3 N–H and O–H groups in total. The van der Waals surface area contributed by atoms with E-state index in [1.54, 1.807) is 6.20 Å². The number of hydrogen-bond donors (Lipinski definition) is 2. The Bertz CT molecular complexity index is 640. The predicted molar refractivity (Wildman–Crippen MR) is 89.4 cm³/mol. The fourth-order valence-corrected chi connectivity index (χ4v) is 2.66. The molecule has 1 saturated heterocycles. The Balaban J connectivity index is 0.00000192. The van der Waals surface area contributed by atoms with Gasteiger partial charge in [-0.25, -0.2) is 4.98 Å². The second-order valence-electron chi connectivity index (χ2n) is 5.50. The lowest BCUT2D eigenvalue weighted by Gasteiger charge is -2.34. The minimum absolute atomic E-state index is 0. The number of halogens is 1. The normalized spacial score (nSPS) is 16.4. The molecule has 23 heavy (non-hydrogen) atoms. The number of carbonyl (C=O) groups excluding carboxylic acids is 1. The van der Waals surface area contributed by atoms with Crippen LogP contribution in [0.1, 0.15) is 12.8 Å². The molecule has 1 fully saturated rings. The highest BCUT2D eigenvalue weighted by Gasteiger charge is 2.38. The van der Waals surface area contributed by atoms with Crippen molar-refractivity contribution in [2.75, 3.05) is 25.1 Å². The summed E-state index contributed by atoms with van der Waals surface area (Å²) in [5, 5.41) is 2.97. The smallest absolute Gasteiger partial charge is 0.232 e. The van der Waals surface area contributed by atoms with Crippen LogP contribution in [0, 0.1) is 5.41 Å². The molecule has 0 atom stereocenters. The second kappa shape index (κ2) is 7.59. The van der Waals surface area contributed by atoms with Crippen molar-refractivity contribution < 1.29 is 13.9 Å². The van der Waals surface area contributed by atoms with Gasteiger partial charge in [0.05, 0.1) is 11.6 Å². The van der Waals surface area contributed by atoms with Gasteiger partial charge in [-0.3, -0.25) is 4.79 Å². The van der Waals surface area contributed by atoms with Crippen LogP contribution < -0.4 is 11.1 Å². The van der Waals surface area contributed by atoms with Gasteiger partial charge in [-0.1, -0.05) is 12.1 Å². The third-order valence-electron chi connectivity index (χ3n) is 4.16. The molecule has 0 radical (unpaired) electrons. The zero-order valence-corrected chi connectivity index (χ0v) is 13.5. The first kappa shape index (κ1) is 17.5. The summed E-state index contributed by atoms with van der Waals surface area (Å²) in [5.74, 6) is 0.615. The molecule has 2 heterocycles. The quantitative estimate of drug-likeness (QED) is 0.894. The monoisotopic (exact) mass is 337 g/mol. The Kier molecular flexibility index (Phi) is 5.76. The Labute approximate surface area is 140 Å². The Morgan fingerprint density at radius 1 is 1.35 bits per heavy atom. The predicted octanol–water partition coefficient (Wildman–Crippen LogP) is 2.46. The van der Waals surface area contributed by atoms with Crippen LogP contribution >= 0.6 is 12.4 Å². The maximum Gasteiger partial charge on any atom is 0.232 e. The molecule has 7 heteroatoms. The molecule has 1 amide bonds. The number of hydrogen-bond acceptors (Lipinski definition) is 5. The van der Waals surface area contributed by atoms with E-state index in [1.807, 2.05) is 24.3 Å². The number of ether oxygens (including phenoxy) is 1. The largest absolute Gasteiger partial charge is 0.444 e. The van der Waals surface area contributed by atoms with Gasteiger partial charge < -0.3 is 20.2 Å². The molecule has 0 bridgehead atoms. The SMILES string of the molecule is Cl.NCC1(C(=O)Nc2cccc(-c3cnco3)c2)CCOCC1. The van der Waals surface area contributed by atoms with Crippen molar-refractivity contribution in [2.45, 2.75) is 12.8 Å². The van der Waals surface area contributed by atoms with Crippen LogP contribution in [0.4, 0.5) is 5.69 Å². The van der Waals surface area contributed by atoms with Crippen LogP contribution in [0.2, 0.25) is 0 Å². The fraction of sp³-hybridized carbons (Fsp3) is 0.375. The lowest BCUT2D eigenvalue weighted by molar-refractivity contribution is -0.130. The third kappa shape index (κ3) is 3.72. The Morgan fingerprint density at radius 3 is 2.78 bits per heavy atom. The molecule has 1 aromatic heterocycles. The summed E-state index contributed by atoms with van der Waals surface area (Å²) in [4.78, 5) is 16.5. The van der Waals surface area contributed by atoms with Gasteiger partial charge in [0.1, 0.15) is 0 Å². The molecule has 0 aliphatic carbocycles. The van der Waals surface area contributed by atoms with Crippen molar-refractivity contribution in [2.24, 2.45) is 11.1 Å². The standard InChI is InChI=1S/C16H19N3O3.ClH/c17-10-16(4-6-21-7-5-16)15(20)19-13-3-1-2-12(8-13)14-9-18-11-22-14;/h1-3,8-9,11H,4-7,10,17H2,(H,19,20);1H. The molecule has 0 spiro atoms. The van der Waals surface area contributed by atoms with Crippen LogP contribution in [0.25, 0.3) is 11.3 Å². The van der Waals surface area contributed by atoms with Crippen molar-refractivity contribution >= 4 is 24.0 Å². The Morgan fingerprint density at radius 2 is 2.13 bits per heavy atom. The number of carbonyl (C=O) groups is 1. The fourth-order valence-electron chi connectivity index (χ4n) is 2.66. The zero-order chi connectivity index (χ0) is 15.4. The van der Waals surface area contributed by atoms with Crippen molar-refractivity contribution in [1.82, 2.24) is 4.98 Å². The molecule has 1 aromatic carbocycles. The summed E-state index contributed by atoms with van der Waals surface area (Å²) in [5.41, 5.74) is 6.90. The third-order valence-corrected chi connectivity index (χ3v) is 4.16. The second-order valence-corrected chi connectivity index (χ2v) is 5.50. The lowest BCUT2D eigenvalue weighted by Crippen LogP contribution is -2.46. The van der Waals surface area contributed by atoms with Gasteiger partial charge >= 0.3 is 0 Å². The summed E-state index contributed by atoms with van der Waals surface area (Å²) in [6.45, 7) is 1.47. The zero-order valence-electron chi connectivity index (χ0n) is 12.7. The van der Waals surface area contributed by atoms with E-state index < -0.39 is 5.41 Å². The molecule has 1 aliphatic rings. The number of nitrogens with zero attached hydrogens (tertiary/aromatic N) is 1. The summed E-state index contributed by atoms with van der Waals surface area (Å²) in [6.07, 6.45) is 4.32. The number of aromatic nitrogens is 1. The van der Waals surface area contributed by atoms with E-state index >= 15 is 0 Å². The topological polar surface area (TPSA) is 90.4 Å². The van der Waals surface area contributed by atoms with Gasteiger partial charge in [0.15, 0.2) is 12.2 Å². The molecule has 2 aromatic rings. The lowest BCUT2D eigenvalue weighted by atomic mass is 9.79. The van der Waals surface area contributed by atoms with Gasteiger partial charge in [0, 0.05) is 31.0 Å². The van der Waals surface area contributed by atoms with E-state index in [0.29, 0.717) is 38.4 Å². The van der Waals surface area contributed by atoms with E-state index in [-0.39, 0.29) is 18.3 Å². The highest BCUT2D eigenvalue weighted by atomic mass is 35.5. The molecular formula is C16H20ClN3O3. The van der Waals surface area contributed by atoms with Crippen molar-refractivity contribution in [1.29, 1.82) is 0 Å². The number of nitrogens with two attached hydrogens (primary N) is 1. The van der Waals surface area contributed by atoms with Crippen molar-refractivity contribution in [3.8, 4) is 11.3 Å². The number of benzene rings is 1. The average Bonchev–Trinajstić information content (AvgIpc) is 3.10. The molecule has 0 saturated carbocycles. The van der Waals surface area contributed by atoms with E-state index in [1.165, 1.54) is 6.39 Å². The number of rotatable bonds is 4. The van der Waals surface area contributed by atoms with E-state index in [9.17, 15) is 4.79 Å². The first-order valence-corrected chi connectivity index (χ1v) is 7.32. The van der Waals surface area contributed by atoms with Crippen LogP contribution in [0.15, 0.2) is 41.3 Å². The first-order valence-electron chi connectivity index (χ1n) is 7.32. The maximum absolute atomic E-state index is 12.6. The minimum Gasteiger partial charge on any atom is -0.444 e. The number of anilines is 1. The summed E-state index contributed by atoms with van der Waals surface area (Å²) < 4.78 is 10.6. The summed E-state index contributed by atoms with van der Waals surface area (Å²) >= 11 is 0. The van der Waals surface area contributed by atoms with Crippen molar-refractivity contribution in [3.05, 3.63) is 36.9 Å². The van der Waals surface area contributed by atoms with Gasteiger partial charge in [-0.15, -0.1) is 12.4 Å². The van der Waals surface area contributed by atoms with E-state index in [2.05, 4.69) is 10.3 Å². The maximum atomic E-state index is 12.6. The highest BCUT2D eigenvalue weighted by molar-refractivity contribution is 5.96. The van der Waals surface area contributed by atoms with Crippen LogP contribution in [-0.4, -0.2) is 30.6 Å².